The molecule has 2 heterocycles. The molecule has 2 aromatic heterocycles. The SMILES string of the molecule is COC(=O)Cn1c(C)c(-c2ccc(=O)n(Cc3c(F)cccc3F)c2)c2ccccc21. The number of hydrogen-bond donors (Lipinski definition) is 0. The van der Waals surface area contributed by atoms with Gasteiger partial charge < -0.3 is 13.9 Å². The zero-order chi connectivity index (χ0) is 22.1. The Morgan fingerprint density at radius 1 is 1.00 bits per heavy atom. The third kappa shape index (κ3) is 3.74. The number of methoxy groups -OCH3 is 1. The molecule has 2 aromatic carbocycles. The summed E-state index contributed by atoms with van der Waals surface area (Å²) >= 11 is 0. The van der Waals surface area contributed by atoms with Gasteiger partial charge in [-0.25, -0.2) is 8.78 Å². The van der Waals surface area contributed by atoms with Crippen LogP contribution < -0.4 is 5.56 Å². The van der Waals surface area contributed by atoms with Crippen molar-refractivity contribution in [2.45, 2.75) is 20.0 Å². The normalized spacial score (nSPS) is 11.1. The fraction of sp³-hybridized carbons (Fsp3) is 0.167. The maximum Gasteiger partial charge on any atom is 0.325 e. The van der Waals surface area contributed by atoms with Gasteiger partial charge in [-0.15, -0.1) is 0 Å². The average Bonchev–Trinajstić information content (AvgIpc) is 3.03. The topological polar surface area (TPSA) is 53.2 Å². The summed E-state index contributed by atoms with van der Waals surface area (Å²) in [4.78, 5) is 24.3. The largest absolute Gasteiger partial charge is 0.468 e. The van der Waals surface area contributed by atoms with E-state index in [1.807, 2.05) is 35.8 Å². The molecule has 4 rings (SSSR count). The molecular weight excluding hydrogens is 402 g/mol. The second-order valence-corrected chi connectivity index (χ2v) is 7.22. The van der Waals surface area contributed by atoms with E-state index in [0.29, 0.717) is 5.56 Å². The minimum Gasteiger partial charge on any atom is -0.468 e. The van der Waals surface area contributed by atoms with Crippen molar-refractivity contribution in [1.29, 1.82) is 0 Å². The lowest BCUT2D eigenvalue weighted by Crippen LogP contribution is -2.20. The van der Waals surface area contributed by atoms with Crippen LogP contribution in [0.25, 0.3) is 22.0 Å². The first-order valence-electron chi connectivity index (χ1n) is 9.69. The van der Waals surface area contributed by atoms with Crippen molar-refractivity contribution < 1.29 is 18.3 Å². The molecule has 0 spiro atoms. The van der Waals surface area contributed by atoms with Crippen LogP contribution in [0.5, 0.6) is 0 Å². The standard InChI is InChI=1S/C24H20F2N2O3/c1-15-24(17-6-3-4-9-21(17)28(15)14-23(30)31-2)16-10-11-22(29)27(12-16)13-18-19(25)7-5-8-20(18)26/h3-12H,13-14H2,1-2H3. The summed E-state index contributed by atoms with van der Waals surface area (Å²) in [7, 11) is 1.34. The molecule has 0 amide bonds. The summed E-state index contributed by atoms with van der Waals surface area (Å²) < 4.78 is 36.2. The molecule has 0 fully saturated rings. The highest BCUT2D eigenvalue weighted by molar-refractivity contribution is 5.98. The molecule has 0 aliphatic rings. The summed E-state index contributed by atoms with van der Waals surface area (Å²) in [6.07, 6.45) is 1.59. The summed E-state index contributed by atoms with van der Waals surface area (Å²) in [6, 6.07) is 14.3. The number of hydrogen-bond acceptors (Lipinski definition) is 3. The molecule has 158 valence electrons. The van der Waals surface area contributed by atoms with Gasteiger partial charge >= 0.3 is 5.97 Å². The lowest BCUT2D eigenvalue weighted by Gasteiger charge is -2.11. The number of nitrogens with zero attached hydrogens (tertiary/aromatic N) is 2. The Labute approximate surface area is 177 Å². The maximum absolute atomic E-state index is 14.1. The van der Waals surface area contributed by atoms with E-state index >= 15 is 0 Å². The zero-order valence-electron chi connectivity index (χ0n) is 17.1. The van der Waals surface area contributed by atoms with Gasteiger partial charge in [0, 0.05) is 45.6 Å². The van der Waals surface area contributed by atoms with E-state index in [2.05, 4.69) is 0 Å². The number of aromatic nitrogens is 2. The number of esters is 1. The zero-order valence-corrected chi connectivity index (χ0v) is 17.1. The van der Waals surface area contributed by atoms with E-state index < -0.39 is 11.6 Å². The monoisotopic (exact) mass is 422 g/mol. The summed E-state index contributed by atoms with van der Waals surface area (Å²) in [6.45, 7) is 1.69. The number of fused-ring (bicyclic) bond motifs is 1. The fourth-order valence-corrected chi connectivity index (χ4v) is 3.85. The number of carbonyl (C=O) groups is 1. The van der Waals surface area contributed by atoms with E-state index in [1.54, 1.807) is 12.3 Å². The third-order valence-corrected chi connectivity index (χ3v) is 5.41. The Bertz CT molecular complexity index is 1330. The molecule has 5 nitrogen and oxygen atoms in total. The van der Waals surface area contributed by atoms with Crippen LogP contribution in [-0.4, -0.2) is 22.2 Å². The molecule has 0 aliphatic heterocycles. The molecule has 0 saturated heterocycles. The second-order valence-electron chi connectivity index (χ2n) is 7.22. The van der Waals surface area contributed by atoms with E-state index in [4.69, 9.17) is 4.74 Å². The summed E-state index contributed by atoms with van der Waals surface area (Å²) in [5.74, 6) is -1.79. The van der Waals surface area contributed by atoms with Crippen LogP contribution in [0.15, 0.2) is 65.6 Å². The summed E-state index contributed by atoms with van der Waals surface area (Å²) in [5.41, 5.74) is 2.65. The number of ether oxygens (including phenoxy) is 1. The summed E-state index contributed by atoms with van der Waals surface area (Å²) in [5, 5.41) is 0.895. The molecular formula is C24H20F2N2O3. The molecule has 4 aromatic rings. The van der Waals surface area contributed by atoms with Crippen molar-refractivity contribution in [2.24, 2.45) is 0 Å². The first kappa shape index (κ1) is 20.5. The second kappa shape index (κ2) is 8.18. The van der Waals surface area contributed by atoms with Crippen molar-refractivity contribution >= 4 is 16.9 Å². The molecule has 0 saturated carbocycles. The van der Waals surface area contributed by atoms with Crippen LogP contribution in [0.3, 0.4) is 0 Å². The van der Waals surface area contributed by atoms with Crippen molar-refractivity contribution in [3.05, 3.63) is 94.0 Å². The van der Waals surface area contributed by atoms with Crippen LogP contribution in [-0.2, 0) is 22.6 Å². The van der Waals surface area contributed by atoms with Gasteiger partial charge in [-0.2, -0.15) is 0 Å². The fourth-order valence-electron chi connectivity index (χ4n) is 3.85. The Balaban J connectivity index is 1.86. The first-order chi connectivity index (χ1) is 14.9. The van der Waals surface area contributed by atoms with Crippen LogP contribution in [0.1, 0.15) is 11.3 Å². The number of pyridine rings is 1. The maximum atomic E-state index is 14.1. The minimum atomic E-state index is -0.705. The predicted molar refractivity (Wildman–Crippen MR) is 114 cm³/mol. The van der Waals surface area contributed by atoms with Gasteiger partial charge in [-0.05, 0) is 31.2 Å². The third-order valence-electron chi connectivity index (χ3n) is 5.41. The van der Waals surface area contributed by atoms with Crippen molar-refractivity contribution in [3.63, 3.8) is 0 Å². The molecule has 0 atom stereocenters. The minimum absolute atomic E-state index is 0.0446. The van der Waals surface area contributed by atoms with Gasteiger partial charge in [0.05, 0.1) is 13.7 Å². The number of para-hydroxylation sites is 1. The van der Waals surface area contributed by atoms with E-state index in [0.717, 1.165) is 34.3 Å². The first-order valence-corrected chi connectivity index (χ1v) is 9.69. The van der Waals surface area contributed by atoms with Crippen molar-refractivity contribution in [1.82, 2.24) is 9.13 Å². The van der Waals surface area contributed by atoms with Gasteiger partial charge in [-0.1, -0.05) is 24.3 Å². The lowest BCUT2D eigenvalue weighted by molar-refractivity contribution is -0.141. The molecule has 0 N–H and O–H groups in total. The van der Waals surface area contributed by atoms with Gasteiger partial charge in [0.15, 0.2) is 0 Å². The van der Waals surface area contributed by atoms with Gasteiger partial charge in [-0.3, -0.25) is 9.59 Å². The Morgan fingerprint density at radius 3 is 2.42 bits per heavy atom. The van der Waals surface area contributed by atoms with E-state index in [-0.39, 0.29) is 30.2 Å². The van der Waals surface area contributed by atoms with Crippen molar-refractivity contribution in [3.8, 4) is 11.1 Å². The highest BCUT2D eigenvalue weighted by atomic mass is 19.1. The number of rotatable bonds is 5. The van der Waals surface area contributed by atoms with E-state index in [9.17, 15) is 18.4 Å². The Hall–Kier alpha value is -3.74. The van der Waals surface area contributed by atoms with Crippen LogP contribution in [0, 0.1) is 18.6 Å². The molecule has 0 aliphatic carbocycles. The average molecular weight is 422 g/mol. The van der Waals surface area contributed by atoms with Crippen LogP contribution in [0.4, 0.5) is 8.78 Å². The van der Waals surface area contributed by atoms with Gasteiger partial charge in [0.25, 0.3) is 5.56 Å². The quantitative estimate of drug-likeness (QED) is 0.451. The highest BCUT2D eigenvalue weighted by Crippen LogP contribution is 2.34. The number of carbonyl (C=O) groups excluding carboxylic acids is 1. The predicted octanol–water partition coefficient (Wildman–Crippen LogP) is 4.28. The smallest absolute Gasteiger partial charge is 0.325 e. The van der Waals surface area contributed by atoms with Gasteiger partial charge in [0.1, 0.15) is 18.2 Å². The van der Waals surface area contributed by atoms with E-state index in [1.165, 1.54) is 23.8 Å². The van der Waals surface area contributed by atoms with Crippen LogP contribution in [0.2, 0.25) is 0 Å². The Morgan fingerprint density at radius 2 is 1.71 bits per heavy atom. The van der Waals surface area contributed by atoms with Crippen molar-refractivity contribution in [2.75, 3.05) is 7.11 Å². The molecule has 0 bridgehead atoms. The lowest BCUT2D eigenvalue weighted by atomic mass is 10.0. The highest BCUT2D eigenvalue weighted by Gasteiger charge is 2.18. The molecule has 0 unspecified atom stereocenters. The molecule has 31 heavy (non-hydrogen) atoms. The Kier molecular flexibility index (Phi) is 5.42. The number of halogens is 2. The number of benzene rings is 2. The molecule has 0 radical (unpaired) electrons. The van der Waals surface area contributed by atoms with Crippen LogP contribution >= 0.6 is 0 Å². The van der Waals surface area contributed by atoms with Gasteiger partial charge in [0.2, 0.25) is 0 Å². The molecule has 7 heteroatoms.